The van der Waals surface area contributed by atoms with E-state index in [0.717, 1.165) is 13.1 Å². The molecule has 1 N–H and O–H groups in total. The molecule has 1 aliphatic rings. The van der Waals surface area contributed by atoms with Gasteiger partial charge in [0.2, 0.25) is 0 Å². The Balaban J connectivity index is 2.30. The number of ether oxygens (including phenoxy) is 1. The fraction of sp³-hybridized carbons (Fsp3) is 1.00. The van der Waals surface area contributed by atoms with E-state index in [0.29, 0.717) is 12.0 Å². The standard InChI is InChI=1S/C6H13NO/c1-5-3-7-4-6(5)8-2/h5-7H,3-4H2,1-2H3/t5?,6-/m1/s1. The van der Waals surface area contributed by atoms with Crippen LogP contribution in [0.5, 0.6) is 0 Å². The molecule has 1 rings (SSSR count). The van der Waals surface area contributed by atoms with Crippen molar-refractivity contribution in [1.82, 2.24) is 5.32 Å². The molecule has 2 nitrogen and oxygen atoms in total. The summed E-state index contributed by atoms with van der Waals surface area (Å²) in [4.78, 5) is 0. The summed E-state index contributed by atoms with van der Waals surface area (Å²) < 4.78 is 5.16. The maximum absolute atomic E-state index is 5.16. The van der Waals surface area contributed by atoms with Crippen molar-refractivity contribution in [2.45, 2.75) is 13.0 Å². The summed E-state index contributed by atoms with van der Waals surface area (Å²) >= 11 is 0. The van der Waals surface area contributed by atoms with Gasteiger partial charge in [-0.2, -0.15) is 0 Å². The zero-order valence-corrected chi connectivity index (χ0v) is 5.48. The molecule has 0 radical (unpaired) electrons. The van der Waals surface area contributed by atoms with E-state index in [1.165, 1.54) is 0 Å². The maximum Gasteiger partial charge on any atom is 0.0733 e. The highest BCUT2D eigenvalue weighted by Crippen LogP contribution is 2.09. The number of nitrogens with one attached hydrogen (secondary N) is 1. The van der Waals surface area contributed by atoms with Crippen LogP contribution < -0.4 is 5.32 Å². The molecule has 0 aromatic carbocycles. The Labute approximate surface area is 50.2 Å². The minimum Gasteiger partial charge on any atom is -0.380 e. The summed E-state index contributed by atoms with van der Waals surface area (Å²) in [6.07, 6.45) is 0.454. The molecule has 1 fully saturated rings. The average molecular weight is 115 g/mol. The fourth-order valence-corrected chi connectivity index (χ4v) is 1.10. The molecule has 0 spiro atoms. The normalized spacial score (nSPS) is 38.2. The molecule has 0 saturated carbocycles. The molecule has 1 aliphatic heterocycles. The summed E-state index contributed by atoms with van der Waals surface area (Å²) in [6.45, 7) is 4.34. The van der Waals surface area contributed by atoms with Gasteiger partial charge in [-0.15, -0.1) is 0 Å². The van der Waals surface area contributed by atoms with Crippen LogP contribution in [0.3, 0.4) is 0 Å². The second kappa shape index (κ2) is 2.46. The summed E-state index contributed by atoms with van der Waals surface area (Å²) in [5, 5.41) is 3.25. The van der Waals surface area contributed by atoms with Gasteiger partial charge in [-0.05, 0) is 5.92 Å². The zero-order chi connectivity index (χ0) is 5.98. The molecule has 1 unspecified atom stereocenters. The molecule has 2 heteroatoms. The predicted molar refractivity (Wildman–Crippen MR) is 32.8 cm³/mol. The highest BCUT2D eigenvalue weighted by Gasteiger charge is 2.21. The van der Waals surface area contributed by atoms with Gasteiger partial charge in [0, 0.05) is 20.2 Å². The Kier molecular flexibility index (Phi) is 1.86. The van der Waals surface area contributed by atoms with Gasteiger partial charge in [0.15, 0.2) is 0 Å². The van der Waals surface area contributed by atoms with Crippen molar-refractivity contribution in [2.75, 3.05) is 20.2 Å². The Morgan fingerprint density at radius 1 is 1.50 bits per heavy atom. The van der Waals surface area contributed by atoms with E-state index in [1.807, 2.05) is 0 Å². The first-order valence-corrected chi connectivity index (χ1v) is 3.08. The fourth-order valence-electron chi connectivity index (χ4n) is 1.10. The van der Waals surface area contributed by atoms with Crippen molar-refractivity contribution in [3.63, 3.8) is 0 Å². The van der Waals surface area contributed by atoms with Gasteiger partial charge in [-0.1, -0.05) is 6.92 Å². The molecule has 1 saturated heterocycles. The van der Waals surface area contributed by atoms with E-state index in [4.69, 9.17) is 4.74 Å². The SMILES string of the molecule is CO[C@@H]1CNCC1C. The van der Waals surface area contributed by atoms with E-state index in [-0.39, 0.29) is 0 Å². The van der Waals surface area contributed by atoms with E-state index < -0.39 is 0 Å². The van der Waals surface area contributed by atoms with Crippen LogP contribution in [0, 0.1) is 5.92 Å². The van der Waals surface area contributed by atoms with Crippen LogP contribution in [-0.2, 0) is 4.74 Å². The van der Waals surface area contributed by atoms with Gasteiger partial charge in [-0.25, -0.2) is 0 Å². The van der Waals surface area contributed by atoms with Gasteiger partial charge in [0.05, 0.1) is 6.10 Å². The molecular formula is C6H13NO. The van der Waals surface area contributed by atoms with Gasteiger partial charge in [-0.3, -0.25) is 0 Å². The highest BCUT2D eigenvalue weighted by atomic mass is 16.5. The third-order valence-corrected chi connectivity index (χ3v) is 1.75. The van der Waals surface area contributed by atoms with Crippen LogP contribution in [0.2, 0.25) is 0 Å². The first kappa shape index (κ1) is 6.05. The second-order valence-electron chi connectivity index (χ2n) is 2.41. The van der Waals surface area contributed by atoms with Crippen LogP contribution >= 0.6 is 0 Å². The lowest BCUT2D eigenvalue weighted by molar-refractivity contribution is 0.0892. The molecule has 2 atom stereocenters. The molecule has 1 heterocycles. The highest BCUT2D eigenvalue weighted by molar-refractivity contribution is 4.77. The third-order valence-electron chi connectivity index (χ3n) is 1.75. The third kappa shape index (κ3) is 1.01. The van der Waals surface area contributed by atoms with Crippen LogP contribution in [0.25, 0.3) is 0 Å². The maximum atomic E-state index is 5.16. The lowest BCUT2D eigenvalue weighted by atomic mass is 10.1. The van der Waals surface area contributed by atoms with Crippen molar-refractivity contribution < 1.29 is 4.74 Å². The van der Waals surface area contributed by atoms with E-state index in [2.05, 4.69) is 12.2 Å². The first-order chi connectivity index (χ1) is 3.84. The molecule has 48 valence electrons. The van der Waals surface area contributed by atoms with Crippen LogP contribution in [0.15, 0.2) is 0 Å². The number of methoxy groups -OCH3 is 1. The van der Waals surface area contributed by atoms with Gasteiger partial charge >= 0.3 is 0 Å². The Morgan fingerprint density at radius 2 is 2.25 bits per heavy atom. The lowest BCUT2D eigenvalue weighted by Gasteiger charge is -2.09. The molecule has 0 aromatic heterocycles. The predicted octanol–water partition coefficient (Wildman–Crippen LogP) is 0.241. The Hall–Kier alpha value is -0.0800. The van der Waals surface area contributed by atoms with Crippen molar-refractivity contribution in [2.24, 2.45) is 5.92 Å². The van der Waals surface area contributed by atoms with Gasteiger partial charge < -0.3 is 10.1 Å². The first-order valence-electron chi connectivity index (χ1n) is 3.08. The number of hydrogen-bond acceptors (Lipinski definition) is 2. The molecule has 0 aromatic rings. The quantitative estimate of drug-likeness (QED) is 0.528. The smallest absolute Gasteiger partial charge is 0.0733 e. The van der Waals surface area contributed by atoms with Crippen molar-refractivity contribution in [3.05, 3.63) is 0 Å². The number of hydrogen-bond donors (Lipinski definition) is 1. The van der Waals surface area contributed by atoms with Crippen LogP contribution in [0.1, 0.15) is 6.92 Å². The van der Waals surface area contributed by atoms with Crippen LogP contribution in [-0.4, -0.2) is 26.3 Å². The minimum absolute atomic E-state index is 0.454. The zero-order valence-electron chi connectivity index (χ0n) is 5.48. The average Bonchev–Trinajstić information content (AvgIpc) is 2.14. The Morgan fingerprint density at radius 3 is 2.50 bits per heavy atom. The Bertz CT molecular complexity index is 74.9. The lowest BCUT2D eigenvalue weighted by Crippen LogP contribution is -2.18. The summed E-state index contributed by atoms with van der Waals surface area (Å²) in [5.74, 6) is 0.694. The van der Waals surface area contributed by atoms with Crippen LogP contribution in [0.4, 0.5) is 0 Å². The molecule has 8 heavy (non-hydrogen) atoms. The van der Waals surface area contributed by atoms with Gasteiger partial charge in [0.1, 0.15) is 0 Å². The van der Waals surface area contributed by atoms with E-state index in [9.17, 15) is 0 Å². The largest absolute Gasteiger partial charge is 0.380 e. The minimum atomic E-state index is 0.454. The topological polar surface area (TPSA) is 21.3 Å². The van der Waals surface area contributed by atoms with Crippen molar-refractivity contribution in [3.8, 4) is 0 Å². The summed E-state index contributed by atoms with van der Waals surface area (Å²) in [7, 11) is 1.77. The summed E-state index contributed by atoms with van der Waals surface area (Å²) in [6, 6.07) is 0. The second-order valence-corrected chi connectivity index (χ2v) is 2.41. The molecule has 0 amide bonds. The molecule has 0 aliphatic carbocycles. The van der Waals surface area contributed by atoms with Crippen molar-refractivity contribution in [1.29, 1.82) is 0 Å². The molecular weight excluding hydrogens is 102 g/mol. The van der Waals surface area contributed by atoms with Crippen molar-refractivity contribution >= 4 is 0 Å². The molecule has 0 bridgehead atoms. The van der Waals surface area contributed by atoms with Gasteiger partial charge in [0.25, 0.3) is 0 Å². The van der Waals surface area contributed by atoms with E-state index in [1.54, 1.807) is 7.11 Å². The van der Waals surface area contributed by atoms with E-state index >= 15 is 0 Å². The number of rotatable bonds is 1. The summed E-state index contributed by atoms with van der Waals surface area (Å²) in [5.41, 5.74) is 0. The monoisotopic (exact) mass is 115 g/mol.